The average molecular weight is 422 g/mol. The number of ketones is 1. The van der Waals surface area contributed by atoms with Crippen LogP contribution in [0.4, 0.5) is 5.69 Å². The second-order valence-electron chi connectivity index (χ2n) is 7.60. The Morgan fingerprint density at radius 3 is 2.73 bits per heavy atom. The lowest BCUT2D eigenvalue weighted by Gasteiger charge is -2.25. The standard InChI is InChI=1S/C23H20ClN3O3/c1-30-20-8-14(7-18(24)23(20)29)13-4-5-19-16(6-13)21(15-9-26-27-10-15)17(11-25-19)22(28)12-2-3-12/h4-10,12,25,29H,2-3,11H2,1H3,(H,26,27). The molecule has 3 N–H and O–H groups in total. The van der Waals surface area contributed by atoms with Gasteiger partial charge >= 0.3 is 0 Å². The summed E-state index contributed by atoms with van der Waals surface area (Å²) in [5.41, 5.74) is 6.20. The van der Waals surface area contributed by atoms with Crippen molar-refractivity contribution < 1.29 is 14.6 Å². The average Bonchev–Trinajstić information content (AvgIpc) is 3.48. The number of carbonyl (C=O) groups is 1. The normalized spacial score (nSPS) is 15.5. The number of hydrogen-bond acceptors (Lipinski definition) is 5. The van der Waals surface area contributed by atoms with Crippen LogP contribution >= 0.6 is 11.6 Å². The smallest absolute Gasteiger partial charge is 0.176 e. The summed E-state index contributed by atoms with van der Waals surface area (Å²) in [7, 11) is 1.49. The van der Waals surface area contributed by atoms with Gasteiger partial charge in [-0.15, -0.1) is 0 Å². The van der Waals surface area contributed by atoms with Gasteiger partial charge in [-0.05, 0) is 48.2 Å². The molecule has 0 saturated heterocycles. The number of fused-ring (bicyclic) bond motifs is 1. The Bertz CT molecular complexity index is 1180. The van der Waals surface area contributed by atoms with Crippen LogP contribution in [-0.4, -0.2) is 34.7 Å². The number of halogens is 1. The fourth-order valence-corrected chi connectivity index (χ4v) is 4.15. The van der Waals surface area contributed by atoms with Crippen LogP contribution in [0.1, 0.15) is 24.0 Å². The van der Waals surface area contributed by atoms with E-state index in [2.05, 4.69) is 15.5 Å². The lowest BCUT2D eigenvalue weighted by atomic mass is 9.86. The van der Waals surface area contributed by atoms with Crippen molar-refractivity contribution in [1.82, 2.24) is 10.2 Å². The number of aromatic amines is 1. The summed E-state index contributed by atoms with van der Waals surface area (Å²) < 4.78 is 5.25. The van der Waals surface area contributed by atoms with Crippen molar-refractivity contribution >= 4 is 28.6 Å². The minimum Gasteiger partial charge on any atom is -0.503 e. The number of carbonyl (C=O) groups excluding carboxylic acids is 1. The van der Waals surface area contributed by atoms with Crippen LogP contribution in [0.3, 0.4) is 0 Å². The fraction of sp³-hybridized carbons (Fsp3) is 0.217. The van der Waals surface area contributed by atoms with E-state index < -0.39 is 0 Å². The molecule has 0 unspecified atom stereocenters. The maximum atomic E-state index is 13.0. The number of benzene rings is 2. The number of anilines is 1. The number of nitrogens with zero attached hydrogens (tertiary/aromatic N) is 1. The first kappa shape index (κ1) is 18.8. The molecule has 152 valence electrons. The first-order valence-electron chi connectivity index (χ1n) is 9.78. The van der Waals surface area contributed by atoms with Gasteiger partial charge in [0.2, 0.25) is 0 Å². The molecule has 3 aromatic rings. The molecular weight excluding hydrogens is 402 g/mol. The number of phenols is 1. The lowest BCUT2D eigenvalue weighted by molar-refractivity contribution is -0.116. The van der Waals surface area contributed by atoms with Gasteiger partial charge in [0.1, 0.15) is 0 Å². The van der Waals surface area contributed by atoms with Crippen LogP contribution in [0.15, 0.2) is 48.3 Å². The maximum absolute atomic E-state index is 13.0. The quantitative estimate of drug-likeness (QED) is 0.558. The minimum absolute atomic E-state index is 0.0844. The minimum atomic E-state index is -0.0844. The molecule has 1 saturated carbocycles. The summed E-state index contributed by atoms with van der Waals surface area (Å²) in [6.45, 7) is 0.501. The Hall–Kier alpha value is -3.25. The second-order valence-corrected chi connectivity index (χ2v) is 8.01. The molecule has 0 amide bonds. The van der Waals surface area contributed by atoms with Crippen LogP contribution in [0, 0.1) is 5.92 Å². The number of rotatable bonds is 5. The number of aromatic nitrogens is 2. The SMILES string of the molecule is COc1cc(-c2ccc3c(c2)C(c2cn[nH]c2)=C(C(=O)C2CC2)CN3)cc(Cl)c1O. The molecular formula is C23H20ClN3O3. The zero-order valence-corrected chi connectivity index (χ0v) is 17.1. The molecule has 6 nitrogen and oxygen atoms in total. The van der Waals surface area contributed by atoms with Crippen LogP contribution in [0.5, 0.6) is 11.5 Å². The van der Waals surface area contributed by atoms with Crippen molar-refractivity contribution in [1.29, 1.82) is 0 Å². The number of H-pyrrole nitrogens is 1. The van der Waals surface area contributed by atoms with Gasteiger partial charge in [0.15, 0.2) is 17.3 Å². The molecule has 0 radical (unpaired) electrons. The van der Waals surface area contributed by atoms with Gasteiger partial charge < -0.3 is 15.2 Å². The van der Waals surface area contributed by atoms with Crippen LogP contribution in [-0.2, 0) is 4.79 Å². The molecule has 30 heavy (non-hydrogen) atoms. The zero-order chi connectivity index (χ0) is 20.8. The van der Waals surface area contributed by atoms with Crippen molar-refractivity contribution in [3.05, 3.63) is 64.4 Å². The highest BCUT2D eigenvalue weighted by Gasteiger charge is 2.35. The summed E-state index contributed by atoms with van der Waals surface area (Å²) in [4.78, 5) is 13.0. The van der Waals surface area contributed by atoms with Crippen LogP contribution in [0.2, 0.25) is 5.02 Å². The van der Waals surface area contributed by atoms with Crippen molar-refractivity contribution in [2.45, 2.75) is 12.8 Å². The van der Waals surface area contributed by atoms with Crippen molar-refractivity contribution in [2.24, 2.45) is 5.92 Å². The summed E-state index contributed by atoms with van der Waals surface area (Å²) in [5.74, 6) is 0.570. The van der Waals surface area contributed by atoms with E-state index in [1.54, 1.807) is 18.3 Å². The summed E-state index contributed by atoms with van der Waals surface area (Å²) in [5, 5.41) is 20.6. The van der Waals surface area contributed by atoms with E-state index in [-0.39, 0.29) is 22.5 Å². The summed E-state index contributed by atoms with van der Waals surface area (Å²) >= 11 is 6.20. The van der Waals surface area contributed by atoms with E-state index in [1.165, 1.54) is 7.11 Å². The number of ether oxygens (including phenoxy) is 1. The van der Waals surface area contributed by atoms with E-state index in [0.29, 0.717) is 12.3 Å². The van der Waals surface area contributed by atoms with Gasteiger partial charge in [0, 0.05) is 46.6 Å². The van der Waals surface area contributed by atoms with Gasteiger partial charge in [-0.25, -0.2) is 0 Å². The molecule has 1 aliphatic heterocycles. The number of Topliss-reactive ketones (excluding diaryl/α,β-unsaturated/α-hetero) is 1. The molecule has 5 rings (SSSR count). The Labute approximate surface area is 178 Å². The largest absolute Gasteiger partial charge is 0.503 e. The number of aromatic hydroxyl groups is 1. The monoisotopic (exact) mass is 421 g/mol. The van der Waals surface area contributed by atoms with Crippen molar-refractivity contribution in [3.63, 3.8) is 0 Å². The highest BCUT2D eigenvalue weighted by atomic mass is 35.5. The molecule has 1 aliphatic carbocycles. The molecule has 2 aromatic carbocycles. The molecule has 0 atom stereocenters. The third-order valence-corrected chi connectivity index (χ3v) is 5.95. The predicted molar refractivity (Wildman–Crippen MR) is 116 cm³/mol. The summed E-state index contributed by atoms with van der Waals surface area (Å²) in [6.07, 6.45) is 5.48. The van der Waals surface area contributed by atoms with E-state index in [1.807, 2.05) is 24.4 Å². The van der Waals surface area contributed by atoms with Crippen molar-refractivity contribution in [2.75, 3.05) is 19.0 Å². The van der Waals surface area contributed by atoms with Gasteiger partial charge in [0.05, 0.1) is 18.3 Å². The zero-order valence-electron chi connectivity index (χ0n) is 16.3. The molecule has 2 heterocycles. The Kier molecular flexibility index (Phi) is 4.51. The van der Waals surface area contributed by atoms with Crippen molar-refractivity contribution in [3.8, 4) is 22.6 Å². The third-order valence-electron chi connectivity index (χ3n) is 5.66. The van der Waals surface area contributed by atoms with E-state index in [0.717, 1.165) is 51.9 Å². The van der Waals surface area contributed by atoms with E-state index in [4.69, 9.17) is 16.3 Å². The third kappa shape index (κ3) is 3.13. The van der Waals surface area contributed by atoms with Gasteiger partial charge in [-0.1, -0.05) is 17.7 Å². The number of phenolic OH excluding ortho intramolecular Hbond substituents is 1. The van der Waals surface area contributed by atoms with E-state index in [9.17, 15) is 9.90 Å². The predicted octanol–water partition coefficient (Wildman–Crippen LogP) is 4.65. The lowest BCUT2D eigenvalue weighted by Crippen LogP contribution is -2.21. The molecule has 2 aliphatic rings. The molecule has 1 aromatic heterocycles. The number of hydrogen-bond donors (Lipinski definition) is 3. The molecule has 0 spiro atoms. The van der Waals surface area contributed by atoms with Gasteiger partial charge in [0.25, 0.3) is 0 Å². The first-order chi connectivity index (χ1) is 14.6. The highest BCUT2D eigenvalue weighted by Crippen LogP contribution is 2.43. The van der Waals surface area contributed by atoms with Gasteiger partial charge in [-0.3, -0.25) is 9.89 Å². The Balaban J connectivity index is 1.68. The molecule has 7 heteroatoms. The van der Waals surface area contributed by atoms with Crippen LogP contribution in [0.25, 0.3) is 16.7 Å². The molecule has 1 fully saturated rings. The Morgan fingerprint density at radius 1 is 1.20 bits per heavy atom. The second kappa shape index (κ2) is 7.22. The van der Waals surface area contributed by atoms with E-state index >= 15 is 0 Å². The number of nitrogens with one attached hydrogen (secondary N) is 2. The van der Waals surface area contributed by atoms with Crippen LogP contribution < -0.4 is 10.1 Å². The van der Waals surface area contributed by atoms with Gasteiger partial charge in [-0.2, -0.15) is 5.10 Å². The number of methoxy groups -OCH3 is 1. The Morgan fingerprint density at radius 2 is 2.03 bits per heavy atom. The molecule has 0 bridgehead atoms. The topological polar surface area (TPSA) is 87.2 Å². The maximum Gasteiger partial charge on any atom is 0.176 e. The highest BCUT2D eigenvalue weighted by molar-refractivity contribution is 6.32. The fourth-order valence-electron chi connectivity index (χ4n) is 3.94. The summed E-state index contributed by atoms with van der Waals surface area (Å²) in [6, 6.07) is 9.46. The first-order valence-corrected chi connectivity index (χ1v) is 10.2.